The highest BCUT2D eigenvalue weighted by Crippen LogP contribution is 2.33. The second kappa shape index (κ2) is 5.26. The number of benzene rings is 1. The van der Waals surface area contributed by atoms with Crippen LogP contribution in [-0.2, 0) is 17.7 Å². The quantitative estimate of drug-likeness (QED) is 0.645. The number of nitrogens with zero attached hydrogens (tertiary/aromatic N) is 2. The monoisotopic (exact) mass is 317 g/mol. The summed E-state index contributed by atoms with van der Waals surface area (Å²) in [4.78, 5) is 27.8. The molecule has 1 N–H and O–H groups in total. The van der Waals surface area contributed by atoms with Gasteiger partial charge in [0, 0.05) is 35.7 Å². The molecule has 0 saturated heterocycles. The van der Waals surface area contributed by atoms with E-state index in [1.807, 2.05) is 26.8 Å². The molecule has 122 valence electrons. The summed E-state index contributed by atoms with van der Waals surface area (Å²) < 4.78 is 5.41. The van der Waals surface area contributed by atoms with E-state index in [1.54, 1.807) is 11.0 Å². The standard InChI is InChI=1S/C16H19N3O4/c1-16(2,3)23-15(20)18-8-7-12-11(9-18)10-5-4-6-13(19(21)22)14(10)17-12/h4-6,17H,7-9H2,1-3H3. The molecule has 2 aromatic rings. The summed E-state index contributed by atoms with van der Waals surface area (Å²) in [7, 11) is 0. The first-order valence-electron chi connectivity index (χ1n) is 7.51. The fourth-order valence-corrected chi connectivity index (χ4v) is 2.86. The van der Waals surface area contributed by atoms with Crippen LogP contribution in [0.3, 0.4) is 0 Å². The lowest BCUT2D eigenvalue weighted by molar-refractivity contribution is -0.383. The lowest BCUT2D eigenvalue weighted by Gasteiger charge is -2.30. The molecule has 3 rings (SSSR count). The van der Waals surface area contributed by atoms with E-state index < -0.39 is 10.5 Å². The molecule has 0 bridgehead atoms. The Morgan fingerprint density at radius 3 is 2.78 bits per heavy atom. The number of non-ortho nitro benzene ring substituents is 1. The van der Waals surface area contributed by atoms with E-state index >= 15 is 0 Å². The number of hydrogen-bond donors (Lipinski definition) is 1. The molecule has 7 nitrogen and oxygen atoms in total. The van der Waals surface area contributed by atoms with Crippen LogP contribution in [0.2, 0.25) is 0 Å². The molecule has 7 heteroatoms. The molecule has 0 atom stereocenters. The molecule has 0 saturated carbocycles. The van der Waals surface area contributed by atoms with Crippen molar-refractivity contribution in [3.8, 4) is 0 Å². The van der Waals surface area contributed by atoms with E-state index in [0.717, 1.165) is 16.6 Å². The predicted molar refractivity (Wildman–Crippen MR) is 85.3 cm³/mol. The summed E-state index contributed by atoms with van der Waals surface area (Å²) >= 11 is 0. The summed E-state index contributed by atoms with van der Waals surface area (Å²) in [5.41, 5.74) is 1.92. The molecule has 1 amide bonds. The first kappa shape index (κ1) is 15.3. The zero-order valence-electron chi connectivity index (χ0n) is 13.4. The van der Waals surface area contributed by atoms with Crippen molar-refractivity contribution in [3.63, 3.8) is 0 Å². The topological polar surface area (TPSA) is 88.5 Å². The molecule has 1 aliphatic heterocycles. The van der Waals surface area contributed by atoms with Gasteiger partial charge in [0.25, 0.3) is 5.69 Å². The van der Waals surface area contributed by atoms with E-state index in [9.17, 15) is 14.9 Å². The number of hydrogen-bond acceptors (Lipinski definition) is 4. The third-order valence-electron chi connectivity index (χ3n) is 3.84. The van der Waals surface area contributed by atoms with Crippen molar-refractivity contribution in [1.29, 1.82) is 0 Å². The minimum Gasteiger partial charge on any atom is -0.444 e. The van der Waals surface area contributed by atoms with Gasteiger partial charge >= 0.3 is 6.09 Å². The molecular weight excluding hydrogens is 298 g/mol. The van der Waals surface area contributed by atoms with Crippen LogP contribution < -0.4 is 0 Å². The zero-order valence-corrected chi connectivity index (χ0v) is 13.4. The fourth-order valence-electron chi connectivity index (χ4n) is 2.86. The number of nitro groups is 1. The Bertz CT molecular complexity index is 788. The molecule has 0 unspecified atom stereocenters. The average Bonchev–Trinajstić information content (AvgIpc) is 2.82. The van der Waals surface area contributed by atoms with E-state index in [4.69, 9.17) is 4.74 Å². The van der Waals surface area contributed by atoms with Crippen LogP contribution in [0.5, 0.6) is 0 Å². The van der Waals surface area contributed by atoms with Crippen LogP contribution in [0.1, 0.15) is 32.0 Å². The van der Waals surface area contributed by atoms with Crippen molar-refractivity contribution in [2.75, 3.05) is 6.54 Å². The number of para-hydroxylation sites is 1. The van der Waals surface area contributed by atoms with Crippen LogP contribution in [-0.4, -0.2) is 33.0 Å². The van der Waals surface area contributed by atoms with Gasteiger partial charge in [0.1, 0.15) is 11.1 Å². The van der Waals surface area contributed by atoms with Gasteiger partial charge in [-0.05, 0) is 20.8 Å². The lowest BCUT2D eigenvalue weighted by atomic mass is 10.0. The summed E-state index contributed by atoms with van der Waals surface area (Å²) in [6.07, 6.45) is 0.267. The van der Waals surface area contributed by atoms with Gasteiger partial charge in [0.05, 0.1) is 11.5 Å². The van der Waals surface area contributed by atoms with Crippen LogP contribution in [0.4, 0.5) is 10.5 Å². The third-order valence-corrected chi connectivity index (χ3v) is 3.84. The maximum atomic E-state index is 12.2. The Labute approximate surface area is 133 Å². The highest BCUT2D eigenvalue weighted by molar-refractivity contribution is 5.92. The molecule has 0 aliphatic carbocycles. The van der Waals surface area contributed by atoms with Gasteiger partial charge < -0.3 is 14.6 Å². The number of ether oxygens (including phenoxy) is 1. The lowest BCUT2D eigenvalue weighted by Crippen LogP contribution is -2.39. The Balaban J connectivity index is 1.95. The summed E-state index contributed by atoms with van der Waals surface area (Å²) in [6.45, 7) is 6.41. The number of aromatic amines is 1. The van der Waals surface area contributed by atoms with E-state index in [0.29, 0.717) is 25.0 Å². The molecule has 1 aliphatic rings. The number of nitro benzene ring substituents is 1. The van der Waals surface area contributed by atoms with Gasteiger partial charge in [-0.2, -0.15) is 0 Å². The molecule has 0 radical (unpaired) electrons. The maximum Gasteiger partial charge on any atom is 0.410 e. The second-order valence-electron chi connectivity index (χ2n) is 6.69. The number of carbonyl (C=O) groups excluding carboxylic acids is 1. The van der Waals surface area contributed by atoms with Crippen molar-refractivity contribution in [1.82, 2.24) is 9.88 Å². The minimum absolute atomic E-state index is 0.0562. The number of amides is 1. The molecular formula is C16H19N3O4. The Morgan fingerprint density at radius 2 is 2.13 bits per heavy atom. The molecule has 1 aromatic carbocycles. The van der Waals surface area contributed by atoms with E-state index in [2.05, 4.69) is 4.98 Å². The van der Waals surface area contributed by atoms with Crippen molar-refractivity contribution < 1.29 is 14.5 Å². The molecule has 0 fully saturated rings. The molecule has 23 heavy (non-hydrogen) atoms. The average molecular weight is 317 g/mol. The Hall–Kier alpha value is -2.57. The largest absolute Gasteiger partial charge is 0.444 e. The molecule has 0 spiro atoms. The number of nitrogens with one attached hydrogen (secondary N) is 1. The van der Waals surface area contributed by atoms with Crippen LogP contribution in [0.25, 0.3) is 10.9 Å². The summed E-state index contributed by atoms with van der Waals surface area (Å²) in [6, 6.07) is 4.99. The first-order chi connectivity index (χ1) is 10.8. The SMILES string of the molecule is CC(C)(C)OC(=O)N1CCc2[nH]c3c([N+](=O)[O-])cccc3c2C1. The number of fused-ring (bicyclic) bond motifs is 3. The van der Waals surface area contributed by atoms with Crippen molar-refractivity contribution >= 4 is 22.7 Å². The van der Waals surface area contributed by atoms with Gasteiger partial charge in [-0.25, -0.2) is 4.79 Å². The van der Waals surface area contributed by atoms with Gasteiger partial charge in [0.15, 0.2) is 0 Å². The number of carbonyl (C=O) groups is 1. The number of H-pyrrole nitrogens is 1. The second-order valence-corrected chi connectivity index (χ2v) is 6.69. The first-order valence-corrected chi connectivity index (χ1v) is 7.51. The molecule has 2 heterocycles. The van der Waals surface area contributed by atoms with Crippen LogP contribution in [0, 0.1) is 10.1 Å². The van der Waals surface area contributed by atoms with Crippen molar-refractivity contribution in [3.05, 3.63) is 39.6 Å². The van der Waals surface area contributed by atoms with Gasteiger partial charge in [0.2, 0.25) is 0 Å². The molecule has 1 aromatic heterocycles. The summed E-state index contributed by atoms with van der Waals surface area (Å²) in [5.74, 6) is 0. The van der Waals surface area contributed by atoms with Gasteiger partial charge in [-0.3, -0.25) is 10.1 Å². The predicted octanol–water partition coefficient (Wildman–Crippen LogP) is 3.37. The third kappa shape index (κ3) is 2.86. The van der Waals surface area contributed by atoms with E-state index in [-0.39, 0.29) is 11.8 Å². The van der Waals surface area contributed by atoms with E-state index in [1.165, 1.54) is 6.07 Å². The van der Waals surface area contributed by atoms with Crippen LogP contribution >= 0.6 is 0 Å². The smallest absolute Gasteiger partial charge is 0.410 e. The highest BCUT2D eigenvalue weighted by Gasteiger charge is 2.29. The normalized spacial score (nSPS) is 14.7. The zero-order chi connectivity index (χ0) is 16.8. The van der Waals surface area contributed by atoms with Gasteiger partial charge in [-0.1, -0.05) is 12.1 Å². The number of aromatic nitrogens is 1. The Morgan fingerprint density at radius 1 is 1.39 bits per heavy atom. The van der Waals surface area contributed by atoms with Crippen LogP contribution in [0.15, 0.2) is 18.2 Å². The van der Waals surface area contributed by atoms with Gasteiger partial charge in [-0.15, -0.1) is 0 Å². The van der Waals surface area contributed by atoms with Crippen molar-refractivity contribution in [2.45, 2.75) is 39.3 Å². The minimum atomic E-state index is -0.545. The summed E-state index contributed by atoms with van der Waals surface area (Å²) in [5, 5.41) is 12.0. The fraction of sp³-hybridized carbons (Fsp3) is 0.438. The Kier molecular flexibility index (Phi) is 3.50. The maximum absolute atomic E-state index is 12.2. The highest BCUT2D eigenvalue weighted by atomic mass is 16.6. The number of rotatable bonds is 1. The van der Waals surface area contributed by atoms with Crippen molar-refractivity contribution in [2.24, 2.45) is 0 Å².